The lowest BCUT2D eigenvalue weighted by Crippen LogP contribution is -2.30. The normalized spacial score (nSPS) is 40.0. The first kappa shape index (κ1) is 7.77. The Hall–Kier alpha value is -0.860. The predicted molar refractivity (Wildman–Crippen MR) is 41.6 cm³/mol. The average Bonchev–Trinajstić information content (AvgIpc) is 2.30. The zero-order chi connectivity index (χ0) is 8.72. The van der Waals surface area contributed by atoms with Gasteiger partial charge in [0.25, 0.3) is 0 Å². The third-order valence-corrected chi connectivity index (χ3v) is 3.16. The summed E-state index contributed by atoms with van der Waals surface area (Å²) in [7, 11) is 0. The Morgan fingerprint density at radius 1 is 1.25 bits per heavy atom. The van der Waals surface area contributed by atoms with Crippen LogP contribution in [0.3, 0.4) is 0 Å². The maximum atomic E-state index is 11.4. The van der Waals surface area contributed by atoms with E-state index in [0.29, 0.717) is 18.6 Å². The Morgan fingerprint density at radius 3 is 2.17 bits per heavy atom. The van der Waals surface area contributed by atoms with Gasteiger partial charge in [0.05, 0.1) is 5.92 Å². The second-order valence-electron chi connectivity index (χ2n) is 3.88. The Bertz CT molecular complexity index is 218. The van der Waals surface area contributed by atoms with Crippen molar-refractivity contribution in [1.29, 1.82) is 0 Å². The molecule has 0 amide bonds. The Kier molecular flexibility index (Phi) is 1.67. The Balaban J connectivity index is 2.12. The van der Waals surface area contributed by atoms with E-state index in [4.69, 9.17) is 5.11 Å². The molecule has 0 aliphatic heterocycles. The predicted octanol–water partition coefficient (Wildman–Crippen LogP) is 1.08. The number of rotatable bonds is 1. The quantitative estimate of drug-likeness (QED) is 0.637. The number of fused-ring (bicyclic) bond motifs is 2. The van der Waals surface area contributed by atoms with Gasteiger partial charge in [0.15, 0.2) is 0 Å². The molecule has 66 valence electrons. The number of hydrogen-bond acceptors (Lipinski definition) is 2. The van der Waals surface area contributed by atoms with Crippen LogP contribution in [0.4, 0.5) is 0 Å². The fourth-order valence-electron chi connectivity index (χ4n) is 2.47. The van der Waals surface area contributed by atoms with Crippen LogP contribution in [0, 0.1) is 17.8 Å². The minimum atomic E-state index is -0.723. The van der Waals surface area contributed by atoms with Crippen molar-refractivity contribution >= 4 is 11.8 Å². The van der Waals surface area contributed by atoms with Gasteiger partial charge in [-0.25, -0.2) is 0 Å². The van der Waals surface area contributed by atoms with Crippen LogP contribution in [0.5, 0.6) is 0 Å². The van der Waals surface area contributed by atoms with E-state index >= 15 is 0 Å². The molecule has 0 saturated heterocycles. The SMILES string of the molecule is O=C(O)C1CC2CCC(C1)C2=O. The highest BCUT2D eigenvalue weighted by molar-refractivity contribution is 5.88. The van der Waals surface area contributed by atoms with E-state index < -0.39 is 5.97 Å². The lowest BCUT2D eigenvalue weighted by molar-refractivity contribution is -0.145. The van der Waals surface area contributed by atoms with E-state index in [9.17, 15) is 9.59 Å². The van der Waals surface area contributed by atoms with Gasteiger partial charge in [0.1, 0.15) is 5.78 Å². The molecular weight excluding hydrogens is 156 g/mol. The summed E-state index contributed by atoms with van der Waals surface area (Å²) >= 11 is 0. The number of carboxylic acids is 1. The second kappa shape index (κ2) is 2.57. The van der Waals surface area contributed by atoms with Crippen molar-refractivity contribution in [1.82, 2.24) is 0 Å². The zero-order valence-electron chi connectivity index (χ0n) is 6.82. The summed E-state index contributed by atoms with van der Waals surface area (Å²) in [6.07, 6.45) is 3.02. The van der Waals surface area contributed by atoms with Crippen molar-refractivity contribution in [2.45, 2.75) is 25.7 Å². The first-order chi connectivity index (χ1) is 5.68. The minimum Gasteiger partial charge on any atom is -0.481 e. The van der Waals surface area contributed by atoms with E-state index in [2.05, 4.69) is 0 Å². The van der Waals surface area contributed by atoms with E-state index in [-0.39, 0.29) is 17.8 Å². The summed E-state index contributed by atoms with van der Waals surface area (Å²) in [5.41, 5.74) is 0. The fraction of sp³-hybridized carbons (Fsp3) is 0.778. The lowest BCUT2D eigenvalue weighted by Gasteiger charge is -2.23. The van der Waals surface area contributed by atoms with E-state index in [1.165, 1.54) is 0 Å². The van der Waals surface area contributed by atoms with Crippen molar-refractivity contribution in [3.05, 3.63) is 0 Å². The molecule has 1 N–H and O–H groups in total. The maximum Gasteiger partial charge on any atom is 0.306 e. The zero-order valence-corrected chi connectivity index (χ0v) is 6.82. The molecule has 2 saturated carbocycles. The molecular formula is C9H12O3. The molecule has 0 aromatic rings. The summed E-state index contributed by atoms with van der Waals surface area (Å²) in [5, 5.41) is 8.78. The molecule has 0 aromatic heterocycles. The highest BCUT2D eigenvalue weighted by Gasteiger charge is 2.43. The summed E-state index contributed by atoms with van der Waals surface area (Å²) < 4.78 is 0. The topological polar surface area (TPSA) is 54.4 Å². The maximum absolute atomic E-state index is 11.4. The largest absolute Gasteiger partial charge is 0.481 e. The van der Waals surface area contributed by atoms with E-state index in [0.717, 1.165) is 12.8 Å². The van der Waals surface area contributed by atoms with Crippen LogP contribution in [0.1, 0.15) is 25.7 Å². The summed E-state index contributed by atoms with van der Waals surface area (Å²) in [5.74, 6) is -0.498. The van der Waals surface area contributed by atoms with Gasteiger partial charge in [0, 0.05) is 11.8 Å². The van der Waals surface area contributed by atoms with Gasteiger partial charge in [-0.2, -0.15) is 0 Å². The van der Waals surface area contributed by atoms with Crippen LogP contribution in [-0.2, 0) is 9.59 Å². The number of aliphatic carboxylic acids is 1. The summed E-state index contributed by atoms with van der Waals surface area (Å²) in [6, 6.07) is 0. The molecule has 2 rings (SSSR count). The van der Waals surface area contributed by atoms with Gasteiger partial charge < -0.3 is 5.11 Å². The van der Waals surface area contributed by atoms with Crippen molar-refractivity contribution in [3.8, 4) is 0 Å². The smallest absolute Gasteiger partial charge is 0.306 e. The number of ketones is 1. The van der Waals surface area contributed by atoms with Crippen molar-refractivity contribution < 1.29 is 14.7 Å². The summed E-state index contributed by atoms with van der Waals surface area (Å²) in [6.45, 7) is 0. The van der Waals surface area contributed by atoms with Crippen molar-refractivity contribution in [3.63, 3.8) is 0 Å². The molecule has 0 spiro atoms. The van der Waals surface area contributed by atoms with Gasteiger partial charge in [0.2, 0.25) is 0 Å². The molecule has 2 atom stereocenters. The highest BCUT2D eigenvalue weighted by atomic mass is 16.4. The molecule has 3 nitrogen and oxygen atoms in total. The van der Waals surface area contributed by atoms with Crippen LogP contribution in [0.15, 0.2) is 0 Å². The van der Waals surface area contributed by atoms with Crippen LogP contribution in [0.2, 0.25) is 0 Å². The molecule has 0 heterocycles. The van der Waals surface area contributed by atoms with Gasteiger partial charge in [-0.1, -0.05) is 0 Å². The third kappa shape index (κ3) is 1.04. The van der Waals surface area contributed by atoms with Crippen LogP contribution in [0.25, 0.3) is 0 Å². The second-order valence-corrected chi connectivity index (χ2v) is 3.88. The lowest BCUT2D eigenvalue weighted by atomic mass is 9.80. The van der Waals surface area contributed by atoms with Crippen LogP contribution in [-0.4, -0.2) is 16.9 Å². The van der Waals surface area contributed by atoms with Crippen LogP contribution >= 0.6 is 0 Å². The van der Waals surface area contributed by atoms with E-state index in [1.54, 1.807) is 0 Å². The van der Waals surface area contributed by atoms with Gasteiger partial charge in [-0.05, 0) is 25.7 Å². The number of carboxylic acid groups (broad SMARTS) is 1. The number of carbonyl (C=O) groups is 2. The molecule has 2 aliphatic carbocycles. The monoisotopic (exact) mass is 168 g/mol. The third-order valence-electron chi connectivity index (χ3n) is 3.16. The average molecular weight is 168 g/mol. The first-order valence-electron chi connectivity index (χ1n) is 4.45. The van der Waals surface area contributed by atoms with Crippen molar-refractivity contribution in [2.75, 3.05) is 0 Å². The first-order valence-corrected chi connectivity index (χ1v) is 4.45. The van der Waals surface area contributed by atoms with Crippen molar-refractivity contribution in [2.24, 2.45) is 17.8 Å². The van der Waals surface area contributed by atoms with Gasteiger partial charge >= 0.3 is 5.97 Å². The molecule has 2 bridgehead atoms. The van der Waals surface area contributed by atoms with Gasteiger partial charge in [-0.3, -0.25) is 9.59 Å². The molecule has 12 heavy (non-hydrogen) atoms. The molecule has 0 aromatic carbocycles. The number of carbonyl (C=O) groups excluding carboxylic acids is 1. The molecule has 0 radical (unpaired) electrons. The minimum absolute atomic E-state index is 0.0739. The number of hydrogen-bond donors (Lipinski definition) is 1. The number of Topliss-reactive ketones (excluding diaryl/α,β-unsaturated/α-hetero) is 1. The standard InChI is InChI=1S/C9H12O3/c10-8-5-1-2-6(8)4-7(3-5)9(11)12/h5-7H,1-4H2,(H,11,12). The van der Waals surface area contributed by atoms with Gasteiger partial charge in [-0.15, -0.1) is 0 Å². The summed E-state index contributed by atoms with van der Waals surface area (Å²) in [4.78, 5) is 22.0. The van der Waals surface area contributed by atoms with Crippen LogP contribution < -0.4 is 0 Å². The fourth-order valence-corrected chi connectivity index (χ4v) is 2.47. The highest BCUT2D eigenvalue weighted by Crippen LogP contribution is 2.41. The Labute approximate surface area is 70.8 Å². The Morgan fingerprint density at radius 2 is 1.75 bits per heavy atom. The molecule has 2 aliphatic rings. The van der Waals surface area contributed by atoms with E-state index in [1.807, 2.05) is 0 Å². The molecule has 2 fully saturated rings. The molecule has 3 heteroatoms. The molecule has 2 unspecified atom stereocenters.